The number of carbonyl (C=O) groups is 1. The highest BCUT2D eigenvalue weighted by atomic mass is 35.5. The van der Waals surface area contributed by atoms with E-state index in [4.69, 9.17) is 16.3 Å². The third kappa shape index (κ3) is 8.38. The third-order valence-electron chi connectivity index (χ3n) is 10.00. The molecule has 1 saturated heterocycles. The Hall–Kier alpha value is -3.81. The van der Waals surface area contributed by atoms with Crippen LogP contribution in [0.1, 0.15) is 67.8 Å². The number of amides is 1. The SMILES string of the molecule is CN1CC(C(CCNc2cccc(SNC(=O)c3ccc(-n4ccc(OCCC5(C(F)(F)F)CC5)n4)nc3Cl)n2)c2ccccc2)CC1(C)C. The van der Waals surface area contributed by atoms with Crippen LogP contribution in [-0.2, 0) is 0 Å². The van der Waals surface area contributed by atoms with Gasteiger partial charge < -0.3 is 15.0 Å². The van der Waals surface area contributed by atoms with Crippen LogP contribution in [0.3, 0.4) is 0 Å². The number of carbonyl (C=O) groups excluding carboxylic acids is 1. The van der Waals surface area contributed by atoms with E-state index in [2.05, 4.69) is 81.2 Å². The molecule has 3 aromatic heterocycles. The molecular weight excluding hydrogens is 687 g/mol. The number of pyridine rings is 2. The highest BCUT2D eigenvalue weighted by Gasteiger charge is 2.62. The fourth-order valence-corrected chi connectivity index (χ4v) is 7.43. The number of ether oxygens (including phenoxy) is 1. The first kappa shape index (κ1) is 36.0. The minimum Gasteiger partial charge on any atom is -0.477 e. The lowest BCUT2D eigenvalue weighted by Gasteiger charge is -2.27. The van der Waals surface area contributed by atoms with Crippen LogP contribution in [-0.4, -0.2) is 69.0 Å². The maximum atomic E-state index is 13.2. The van der Waals surface area contributed by atoms with Crippen molar-refractivity contribution in [2.24, 2.45) is 11.3 Å². The standard InChI is InChI=1S/C36H41ClF3N7O2S/c1-34(2)22-25(23-46(34)3)26(24-8-5-4-6-9-24)14-19-41-28-10-7-11-31(42-28)50-45-33(48)27-12-13-29(43-32(27)37)47-20-15-30(44-47)49-21-18-35(16-17-35)36(38,39)40/h4-13,15,20,25-26H,14,16-19,21-23H2,1-3H3,(H,41,42)(H,45,48). The van der Waals surface area contributed by atoms with E-state index in [0.29, 0.717) is 22.7 Å². The van der Waals surface area contributed by atoms with Gasteiger partial charge in [-0.05, 0) is 94.7 Å². The first-order valence-corrected chi connectivity index (χ1v) is 17.9. The van der Waals surface area contributed by atoms with Crippen molar-refractivity contribution < 1.29 is 22.7 Å². The Labute approximate surface area is 299 Å². The molecule has 0 radical (unpaired) electrons. The number of aromatic nitrogens is 4. The molecular formula is C36H41ClF3N7O2S. The van der Waals surface area contributed by atoms with Crippen molar-refractivity contribution in [3.63, 3.8) is 0 Å². The van der Waals surface area contributed by atoms with E-state index >= 15 is 0 Å². The van der Waals surface area contributed by atoms with Crippen LogP contribution < -0.4 is 14.8 Å². The Morgan fingerprint density at radius 2 is 1.86 bits per heavy atom. The van der Waals surface area contributed by atoms with Gasteiger partial charge in [-0.2, -0.15) is 13.2 Å². The number of hydrogen-bond donors (Lipinski definition) is 2. The summed E-state index contributed by atoms with van der Waals surface area (Å²) in [5.41, 5.74) is 0.0672. The number of rotatable bonds is 14. The molecule has 9 nitrogen and oxygen atoms in total. The number of hydrogen-bond acceptors (Lipinski definition) is 8. The van der Waals surface area contributed by atoms with Gasteiger partial charge in [0.25, 0.3) is 5.91 Å². The summed E-state index contributed by atoms with van der Waals surface area (Å²) in [5.74, 6) is 1.75. The Balaban J connectivity index is 1.000. The lowest BCUT2D eigenvalue weighted by atomic mass is 9.80. The monoisotopic (exact) mass is 727 g/mol. The average molecular weight is 728 g/mol. The summed E-state index contributed by atoms with van der Waals surface area (Å²) in [5, 5.41) is 8.27. The lowest BCUT2D eigenvalue weighted by Crippen LogP contribution is -2.34. The molecule has 2 N–H and O–H groups in total. The summed E-state index contributed by atoms with van der Waals surface area (Å²) >= 11 is 7.46. The van der Waals surface area contributed by atoms with E-state index in [9.17, 15) is 18.0 Å². The van der Waals surface area contributed by atoms with Gasteiger partial charge in [0, 0.05) is 42.8 Å². The second-order valence-electron chi connectivity index (χ2n) is 13.8. The molecule has 2 aliphatic rings. The quantitative estimate of drug-likeness (QED) is 0.0992. The number of anilines is 1. The van der Waals surface area contributed by atoms with Crippen LogP contribution in [0.15, 0.2) is 78.0 Å². The third-order valence-corrected chi connectivity index (χ3v) is 11.0. The molecule has 4 aromatic rings. The number of benzene rings is 1. The smallest absolute Gasteiger partial charge is 0.394 e. The van der Waals surface area contributed by atoms with Gasteiger partial charge in [-0.25, -0.2) is 14.6 Å². The van der Waals surface area contributed by atoms with Crippen molar-refractivity contribution in [3.8, 4) is 11.7 Å². The maximum absolute atomic E-state index is 13.2. The largest absolute Gasteiger partial charge is 0.477 e. The Bertz CT molecular complexity index is 1780. The van der Waals surface area contributed by atoms with E-state index in [1.54, 1.807) is 12.3 Å². The number of halogens is 4. The predicted molar refractivity (Wildman–Crippen MR) is 189 cm³/mol. The molecule has 266 valence electrons. The van der Waals surface area contributed by atoms with Crippen LogP contribution in [0, 0.1) is 11.3 Å². The van der Waals surface area contributed by atoms with Gasteiger partial charge in [0.05, 0.1) is 17.6 Å². The van der Waals surface area contributed by atoms with Gasteiger partial charge in [0.1, 0.15) is 16.0 Å². The first-order valence-electron chi connectivity index (χ1n) is 16.7. The molecule has 0 spiro atoms. The van der Waals surface area contributed by atoms with Crippen molar-refractivity contribution in [2.75, 3.05) is 32.1 Å². The van der Waals surface area contributed by atoms with Crippen molar-refractivity contribution in [1.29, 1.82) is 0 Å². The summed E-state index contributed by atoms with van der Waals surface area (Å²) < 4.78 is 49.1. The predicted octanol–water partition coefficient (Wildman–Crippen LogP) is 8.18. The minimum atomic E-state index is -4.22. The van der Waals surface area contributed by atoms with Crippen molar-refractivity contribution in [2.45, 2.75) is 68.6 Å². The fourth-order valence-electron chi connectivity index (χ4n) is 6.60. The second kappa shape index (κ2) is 14.8. The Morgan fingerprint density at radius 1 is 1.08 bits per heavy atom. The molecule has 14 heteroatoms. The second-order valence-corrected chi connectivity index (χ2v) is 15.0. The molecule has 2 fully saturated rings. The van der Waals surface area contributed by atoms with Gasteiger partial charge >= 0.3 is 6.18 Å². The summed E-state index contributed by atoms with van der Waals surface area (Å²) in [7, 11) is 2.21. The van der Waals surface area contributed by atoms with Crippen LogP contribution in [0.5, 0.6) is 5.88 Å². The van der Waals surface area contributed by atoms with E-state index in [1.165, 1.54) is 22.4 Å². The van der Waals surface area contributed by atoms with E-state index in [-0.39, 0.29) is 48.0 Å². The average Bonchev–Trinajstić information content (AvgIpc) is 3.66. The molecule has 6 rings (SSSR count). The van der Waals surface area contributed by atoms with E-state index in [0.717, 1.165) is 43.7 Å². The summed E-state index contributed by atoms with van der Waals surface area (Å²) in [4.78, 5) is 24.4. The summed E-state index contributed by atoms with van der Waals surface area (Å²) in [6, 6.07) is 21.0. The van der Waals surface area contributed by atoms with Gasteiger partial charge in [-0.1, -0.05) is 48.0 Å². The van der Waals surface area contributed by atoms with Crippen LogP contribution >= 0.6 is 23.5 Å². The van der Waals surface area contributed by atoms with Crippen LogP contribution in [0.2, 0.25) is 5.15 Å². The normalized spacial score (nSPS) is 18.8. The van der Waals surface area contributed by atoms with Crippen LogP contribution in [0.25, 0.3) is 5.82 Å². The molecule has 1 saturated carbocycles. The molecule has 1 aliphatic heterocycles. The Morgan fingerprint density at radius 3 is 2.54 bits per heavy atom. The molecule has 2 atom stereocenters. The topological polar surface area (TPSA) is 97.2 Å². The molecule has 1 amide bonds. The molecule has 2 unspecified atom stereocenters. The summed E-state index contributed by atoms with van der Waals surface area (Å²) in [6.07, 6.45) is -0.415. The number of likely N-dealkylation sites (tertiary alicyclic amines) is 1. The van der Waals surface area contributed by atoms with E-state index < -0.39 is 17.5 Å². The van der Waals surface area contributed by atoms with Crippen molar-refractivity contribution >= 4 is 35.3 Å². The van der Waals surface area contributed by atoms with Gasteiger partial charge in [-0.3, -0.25) is 9.52 Å². The Kier molecular flexibility index (Phi) is 10.7. The zero-order valence-electron chi connectivity index (χ0n) is 28.2. The lowest BCUT2D eigenvalue weighted by molar-refractivity contribution is -0.190. The molecule has 50 heavy (non-hydrogen) atoms. The zero-order chi connectivity index (χ0) is 35.5. The fraction of sp³-hybridized carbons (Fsp3) is 0.444. The summed E-state index contributed by atoms with van der Waals surface area (Å²) in [6.45, 7) is 6.35. The first-order chi connectivity index (χ1) is 23.8. The van der Waals surface area contributed by atoms with Gasteiger partial charge in [-0.15, -0.1) is 5.10 Å². The van der Waals surface area contributed by atoms with E-state index in [1.807, 2.05) is 18.2 Å². The van der Waals surface area contributed by atoms with Crippen molar-refractivity contribution in [3.05, 3.63) is 89.2 Å². The van der Waals surface area contributed by atoms with Crippen LogP contribution in [0.4, 0.5) is 19.0 Å². The maximum Gasteiger partial charge on any atom is 0.394 e. The zero-order valence-corrected chi connectivity index (χ0v) is 29.8. The minimum absolute atomic E-state index is 0.0346. The number of nitrogens with one attached hydrogen (secondary N) is 2. The molecule has 1 aliphatic carbocycles. The number of alkyl halides is 3. The number of nitrogens with zero attached hydrogens (tertiary/aromatic N) is 5. The molecule has 0 bridgehead atoms. The van der Waals surface area contributed by atoms with Gasteiger partial charge in [0.2, 0.25) is 5.88 Å². The highest BCUT2D eigenvalue weighted by molar-refractivity contribution is 7.97. The van der Waals surface area contributed by atoms with Crippen molar-refractivity contribution in [1.82, 2.24) is 29.4 Å². The highest BCUT2D eigenvalue weighted by Crippen LogP contribution is 2.59. The molecule has 4 heterocycles. The van der Waals surface area contributed by atoms with Gasteiger partial charge in [0.15, 0.2) is 5.82 Å². The molecule has 1 aromatic carbocycles.